The maximum absolute atomic E-state index is 13.3. The molecule has 25 heavy (non-hydrogen) atoms. The average Bonchev–Trinajstić information content (AvgIpc) is 2.69. The molecule has 0 bridgehead atoms. The van der Waals surface area contributed by atoms with E-state index in [4.69, 9.17) is 0 Å². The summed E-state index contributed by atoms with van der Waals surface area (Å²) in [4.78, 5) is 14.8. The zero-order chi connectivity index (χ0) is 17.6. The van der Waals surface area contributed by atoms with Gasteiger partial charge in [0, 0.05) is 5.69 Å². The van der Waals surface area contributed by atoms with Crippen LogP contribution in [0.25, 0.3) is 0 Å². The lowest BCUT2D eigenvalue weighted by molar-refractivity contribution is -0.118. The Kier molecular flexibility index (Phi) is 5.67. The number of amides is 1. The Morgan fingerprint density at radius 3 is 1.72 bits per heavy atom. The minimum Gasteiger partial charge on any atom is -0.304 e. The average molecular weight is 394 g/mol. The van der Waals surface area contributed by atoms with E-state index in [1.807, 2.05) is 83.8 Å². The summed E-state index contributed by atoms with van der Waals surface area (Å²) in [6.07, 6.45) is 0. The van der Waals surface area contributed by atoms with E-state index in [0.717, 1.165) is 16.8 Å². The van der Waals surface area contributed by atoms with Crippen molar-refractivity contribution in [3.8, 4) is 0 Å². The fourth-order valence-corrected chi connectivity index (χ4v) is 3.42. The molecule has 0 heterocycles. The van der Waals surface area contributed by atoms with Crippen molar-refractivity contribution in [3.63, 3.8) is 0 Å². The summed E-state index contributed by atoms with van der Waals surface area (Å²) in [5.41, 5.74) is 2.95. The van der Waals surface area contributed by atoms with Crippen LogP contribution >= 0.6 is 15.9 Å². The van der Waals surface area contributed by atoms with Gasteiger partial charge in [-0.2, -0.15) is 0 Å². The number of halogens is 1. The Labute approximate surface area is 157 Å². The molecule has 0 aliphatic carbocycles. The zero-order valence-electron chi connectivity index (χ0n) is 14.0. The van der Waals surface area contributed by atoms with Crippen molar-refractivity contribution in [2.45, 2.75) is 17.8 Å². The Morgan fingerprint density at radius 1 is 0.760 bits per heavy atom. The summed E-state index contributed by atoms with van der Waals surface area (Å²) in [6, 6.07) is 29.6. The number of carbonyl (C=O) groups is 1. The molecule has 2 nitrogen and oxygen atoms in total. The number of carbonyl (C=O) groups excluding carboxylic acids is 1. The second kappa shape index (κ2) is 8.13. The molecular weight excluding hydrogens is 374 g/mol. The number of rotatable bonds is 5. The predicted molar refractivity (Wildman–Crippen MR) is 107 cm³/mol. The zero-order valence-corrected chi connectivity index (χ0v) is 15.6. The number of alkyl halides is 1. The van der Waals surface area contributed by atoms with Crippen LogP contribution in [0.1, 0.15) is 28.9 Å². The highest BCUT2D eigenvalue weighted by Gasteiger charge is 2.29. The summed E-state index contributed by atoms with van der Waals surface area (Å²) in [5, 5.41) is 0. The van der Waals surface area contributed by atoms with E-state index in [2.05, 4.69) is 35.0 Å². The molecule has 126 valence electrons. The van der Waals surface area contributed by atoms with Crippen molar-refractivity contribution in [2.75, 3.05) is 4.90 Å². The summed E-state index contributed by atoms with van der Waals surface area (Å²) < 4.78 is 0. The molecule has 0 N–H and O–H groups in total. The molecule has 3 rings (SSSR count). The van der Waals surface area contributed by atoms with Crippen molar-refractivity contribution in [1.29, 1.82) is 0 Å². The van der Waals surface area contributed by atoms with Crippen LogP contribution in [0.3, 0.4) is 0 Å². The van der Waals surface area contributed by atoms with E-state index in [0.29, 0.717) is 0 Å². The van der Waals surface area contributed by atoms with Crippen LogP contribution in [0, 0.1) is 0 Å². The van der Waals surface area contributed by atoms with Gasteiger partial charge in [-0.25, -0.2) is 0 Å². The fraction of sp³-hybridized carbons (Fsp3) is 0.136. The van der Waals surface area contributed by atoms with Gasteiger partial charge in [0.2, 0.25) is 5.91 Å². The van der Waals surface area contributed by atoms with Gasteiger partial charge in [0.15, 0.2) is 0 Å². The highest BCUT2D eigenvalue weighted by Crippen LogP contribution is 2.33. The molecule has 0 aromatic heterocycles. The monoisotopic (exact) mass is 393 g/mol. The van der Waals surface area contributed by atoms with Crippen LogP contribution in [0.4, 0.5) is 5.69 Å². The van der Waals surface area contributed by atoms with Gasteiger partial charge in [-0.3, -0.25) is 4.79 Å². The highest BCUT2D eigenvalue weighted by atomic mass is 79.9. The lowest BCUT2D eigenvalue weighted by atomic mass is 10.0. The van der Waals surface area contributed by atoms with E-state index < -0.39 is 0 Å². The number of nitrogens with zero attached hydrogens (tertiary/aromatic N) is 1. The number of hydrogen-bond donors (Lipinski definition) is 0. The lowest BCUT2D eigenvalue weighted by Gasteiger charge is -2.31. The molecule has 2 atom stereocenters. The third kappa shape index (κ3) is 3.99. The Hall–Kier alpha value is -2.39. The molecule has 0 saturated carbocycles. The van der Waals surface area contributed by atoms with E-state index in [1.54, 1.807) is 0 Å². The van der Waals surface area contributed by atoms with Crippen molar-refractivity contribution in [3.05, 3.63) is 102 Å². The van der Waals surface area contributed by atoms with Crippen molar-refractivity contribution in [1.82, 2.24) is 0 Å². The van der Waals surface area contributed by atoms with Crippen LogP contribution in [0.5, 0.6) is 0 Å². The quantitative estimate of drug-likeness (QED) is 0.492. The van der Waals surface area contributed by atoms with Gasteiger partial charge >= 0.3 is 0 Å². The van der Waals surface area contributed by atoms with Gasteiger partial charge in [0.05, 0.1) is 6.04 Å². The molecule has 0 aliphatic heterocycles. The molecule has 3 aromatic rings. The van der Waals surface area contributed by atoms with Crippen LogP contribution in [-0.2, 0) is 4.79 Å². The maximum atomic E-state index is 13.3. The topological polar surface area (TPSA) is 20.3 Å². The number of anilines is 1. The second-order valence-electron chi connectivity index (χ2n) is 5.90. The first-order chi connectivity index (χ1) is 12.2. The third-order valence-corrected chi connectivity index (χ3v) is 5.17. The molecule has 1 amide bonds. The van der Waals surface area contributed by atoms with E-state index in [-0.39, 0.29) is 16.8 Å². The summed E-state index contributed by atoms with van der Waals surface area (Å²) in [7, 11) is 0. The number of benzene rings is 3. The number of hydrogen-bond acceptors (Lipinski definition) is 1. The molecule has 3 heteroatoms. The number of para-hydroxylation sites is 1. The SMILES string of the molecule is C[C@@H](c1ccccc1)N(C(=O)C(Br)c1ccccc1)c1ccccc1. The van der Waals surface area contributed by atoms with Gasteiger partial charge < -0.3 is 4.90 Å². The van der Waals surface area contributed by atoms with Crippen LogP contribution in [0.15, 0.2) is 91.0 Å². The standard InChI is InChI=1S/C22H20BrNO/c1-17(18-11-5-2-6-12-18)24(20-15-9-4-10-16-20)22(25)21(23)19-13-7-3-8-14-19/h2-17,21H,1H3/t17-,21?/m0/s1. The van der Waals surface area contributed by atoms with Gasteiger partial charge in [-0.15, -0.1) is 0 Å². The predicted octanol–water partition coefficient (Wildman–Crippen LogP) is 5.92. The Morgan fingerprint density at radius 2 is 1.20 bits per heavy atom. The highest BCUT2D eigenvalue weighted by molar-refractivity contribution is 9.09. The van der Waals surface area contributed by atoms with Crippen molar-refractivity contribution in [2.24, 2.45) is 0 Å². The third-order valence-electron chi connectivity index (χ3n) is 4.25. The lowest BCUT2D eigenvalue weighted by Crippen LogP contribution is -2.35. The summed E-state index contributed by atoms with van der Waals surface area (Å²) >= 11 is 3.60. The second-order valence-corrected chi connectivity index (χ2v) is 6.82. The van der Waals surface area contributed by atoms with Crippen LogP contribution in [-0.4, -0.2) is 5.91 Å². The molecule has 0 radical (unpaired) electrons. The van der Waals surface area contributed by atoms with Gasteiger partial charge in [-0.1, -0.05) is 94.8 Å². The first-order valence-electron chi connectivity index (χ1n) is 8.30. The van der Waals surface area contributed by atoms with Crippen LogP contribution < -0.4 is 4.90 Å². The van der Waals surface area contributed by atoms with Crippen molar-refractivity contribution >= 4 is 27.5 Å². The summed E-state index contributed by atoms with van der Waals surface area (Å²) in [5.74, 6) is 0.0220. The first kappa shape index (κ1) is 17.4. The molecule has 1 unspecified atom stereocenters. The molecule has 0 aliphatic rings. The molecular formula is C22H20BrNO. The van der Waals surface area contributed by atoms with Crippen LogP contribution in [0.2, 0.25) is 0 Å². The smallest absolute Gasteiger partial charge is 0.245 e. The van der Waals surface area contributed by atoms with Crippen molar-refractivity contribution < 1.29 is 4.79 Å². The minimum absolute atomic E-state index is 0.0220. The summed E-state index contributed by atoms with van der Waals surface area (Å²) in [6.45, 7) is 2.06. The molecule has 0 saturated heterocycles. The van der Waals surface area contributed by atoms with E-state index >= 15 is 0 Å². The van der Waals surface area contributed by atoms with Gasteiger partial charge in [-0.05, 0) is 30.2 Å². The van der Waals surface area contributed by atoms with E-state index in [1.165, 1.54) is 0 Å². The normalized spacial score (nSPS) is 13.0. The molecule has 0 spiro atoms. The largest absolute Gasteiger partial charge is 0.304 e. The van der Waals surface area contributed by atoms with Gasteiger partial charge in [0.1, 0.15) is 4.83 Å². The minimum atomic E-state index is -0.389. The Bertz CT molecular complexity index is 805. The van der Waals surface area contributed by atoms with E-state index in [9.17, 15) is 4.79 Å². The maximum Gasteiger partial charge on any atom is 0.245 e. The first-order valence-corrected chi connectivity index (χ1v) is 9.22. The Balaban J connectivity index is 1.98. The molecule has 0 fully saturated rings. The molecule has 3 aromatic carbocycles. The van der Waals surface area contributed by atoms with Gasteiger partial charge in [0.25, 0.3) is 0 Å². The fourth-order valence-electron chi connectivity index (χ4n) is 2.90.